The molecule has 1 unspecified atom stereocenters. The molecule has 1 aliphatic rings. The number of rotatable bonds is 2. The number of anilines is 1. The maximum atomic E-state index is 13.1. The van der Waals surface area contributed by atoms with E-state index in [-0.39, 0.29) is 28.5 Å². The van der Waals surface area contributed by atoms with Crippen molar-refractivity contribution in [1.82, 2.24) is 0 Å². The molecule has 90 valence electrons. The number of nitro groups is 1. The number of hydrogen-bond acceptors (Lipinski definition) is 3. The lowest BCUT2D eigenvalue weighted by Crippen LogP contribution is -2.25. The van der Waals surface area contributed by atoms with E-state index in [4.69, 9.17) is 0 Å². The summed E-state index contributed by atoms with van der Waals surface area (Å²) >= 11 is 3.27. The summed E-state index contributed by atoms with van der Waals surface area (Å²) in [6.07, 6.45) is 0.258. The van der Waals surface area contributed by atoms with Crippen LogP contribution in [-0.2, 0) is 4.79 Å². The second-order valence-corrected chi connectivity index (χ2v) is 4.99. The van der Waals surface area contributed by atoms with Gasteiger partial charge in [-0.25, -0.2) is 4.39 Å². The second kappa shape index (κ2) is 4.40. The normalized spacial score (nSPS) is 19.8. The van der Waals surface area contributed by atoms with Crippen LogP contribution in [0.25, 0.3) is 0 Å². The zero-order valence-electron chi connectivity index (χ0n) is 8.60. The molecule has 0 aromatic heterocycles. The molecular formula is C10H8BrFN2O3. The number of carbonyl (C=O) groups is 1. The average molecular weight is 303 g/mol. The molecule has 1 saturated heterocycles. The van der Waals surface area contributed by atoms with Gasteiger partial charge in [0.1, 0.15) is 11.5 Å². The zero-order valence-corrected chi connectivity index (χ0v) is 10.2. The van der Waals surface area contributed by atoms with Crippen LogP contribution in [-0.4, -0.2) is 22.2 Å². The van der Waals surface area contributed by atoms with Crippen LogP contribution < -0.4 is 4.90 Å². The van der Waals surface area contributed by atoms with Crippen LogP contribution >= 0.6 is 15.9 Å². The summed E-state index contributed by atoms with van der Waals surface area (Å²) < 4.78 is 13.1. The van der Waals surface area contributed by atoms with Gasteiger partial charge in [0.2, 0.25) is 5.91 Å². The highest BCUT2D eigenvalue weighted by atomic mass is 79.9. The lowest BCUT2D eigenvalue weighted by atomic mass is 10.2. The largest absolute Gasteiger partial charge is 0.305 e. The summed E-state index contributed by atoms with van der Waals surface area (Å²) in [6, 6.07) is 3.09. The Labute approximate surface area is 104 Å². The van der Waals surface area contributed by atoms with Gasteiger partial charge in [-0.2, -0.15) is 0 Å². The number of halogens is 2. The van der Waals surface area contributed by atoms with Crippen molar-refractivity contribution >= 4 is 33.2 Å². The summed E-state index contributed by atoms with van der Waals surface area (Å²) in [5.74, 6) is -0.850. The maximum Gasteiger partial charge on any atom is 0.293 e. The molecule has 0 spiro atoms. The predicted octanol–water partition coefficient (Wildman–Crippen LogP) is 2.23. The predicted molar refractivity (Wildman–Crippen MR) is 62.7 cm³/mol. The van der Waals surface area contributed by atoms with Gasteiger partial charge in [-0.05, 0) is 6.07 Å². The van der Waals surface area contributed by atoms with Crippen molar-refractivity contribution in [2.24, 2.45) is 0 Å². The van der Waals surface area contributed by atoms with E-state index in [2.05, 4.69) is 15.9 Å². The molecule has 1 atom stereocenters. The Kier molecular flexibility index (Phi) is 3.10. The van der Waals surface area contributed by atoms with E-state index in [1.807, 2.05) is 0 Å². The minimum atomic E-state index is -0.621. The third kappa shape index (κ3) is 2.28. The molecule has 7 heteroatoms. The van der Waals surface area contributed by atoms with Crippen LogP contribution in [0.5, 0.6) is 0 Å². The Morgan fingerprint density at radius 1 is 1.53 bits per heavy atom. The molecule has 1 aliphatic heterocycles. The molecule has 5 nitrogen and oxygen atoms in total. The Morgan fingerprint density at radius 2 is 2.24 bits per heavy atom. The number of carbonyl (C=O) groups excluding carboxylic acids is 1. The molecule has 1 heterocycles. The van der Waals surface area contributed by atoms with Gasteiger partial charge >= 0.3 is 0 Å². The smallest absolute Gasteiger partial charge is 0.293 e. The van der Waals surface area contributed by atoms with E-state index < -0.39 is 10.7 Å². The number of nitro benzene ring substituents is 1. The fourth-order valence-corrected chi connectivity index (χ4v) is 2.33. The molecule has 17 heavy (non-hydrogen) atoms. The minimum Gasteiger partial charge on any atom is -0.305 e. The van der Waals surface area contributed by atoms with Crippen molar-refractivity contribution in [1.29, 1.82) is 0 Å². The Morgan fingerprint density at radius 3 is 2.76 bits per heavy atom. The summed E-state index contributed by atoms with van der Waals surface area (Å²) in [4.78, 5) is 23.0. The summed E-state index contributed by atoms with van der Waals surface area (Å²) in [5, 5.41) is 10.8. The minimum absolute atomic E-state index is 0.0157. The molecule has 1 aromatic carbocycles. The molecule has 0 radical (unpaired) electrons. The Hall–Kier alpha value is -1.50. The topological polar surface area (TPSA) is 63.5 Å². The average Bonchev–Trinajstić information content (AvgIpc) is 2.57. The van der Waals surface area contributed by atoms with Gasteiger partial charge in [0.25, 0.3) is 5.69 Å². The highest BCUT2D eigenvalue weighted by molar-refractivity contribution is 9.09. The van der Waals surface area contributed by atoms with Gasteiger partial charge in [0.05, 0.1) is 4.92 Å². The summed E-state index contributed by atoms with van der Waals surface area (Å²) in [5.41, 5.74) is -0.247. The highest BCUT2D eigenvalue weighted by Gasteiger charge is 2.33. The van der Waals surface area contributed by atoms with Gasteiger partial charge in [0.15, 0.2) is 0 Å². The number of benzene rings is 1. The van der Waals surface area contributed by atoms with Crippen molar-refractivity contribution < 1.29 is 14.1 Å². The van der Waals surface area contributed by atoms with E-state index in [0.29, 0.717) is 6.54 Å². The SMILES string of the molecule is O=C1CC(Br)CN1c1cc(F)ccc1[N+](=O)[O-]. The molecule has 0 N–H and O–H groups in total. The highest BCUT2D eigenvalue weighted by Crippen LogP contribution is 2.33. The first kappa shape index (κ1) is 12.0. The van der Waals surface area contributed by atoms with E-state index in [1.165, 1.54) is 4.90 Å². The molecule has 0 saturated carbocycles. The van der Waals surface area contributed by atoms with Crippen LogP contribution in [0.3, 0.4) is 0 Å². The summed E-state index contributed by atoms with van der Waals surface area (Å²) in [6.45, 7) is 0.309. The van der Waals surface area contributed by atoms with E-state index in [9.17, 15) is 19.3 Å². The van der Waals surface area contributed by atoms with Gasteiger partial charge in [0, 0.05) is 29.9 Å². The molecule has 1 aromatic rings. The lowest BCUT2D eigenvalue weighted by Gasteiger charge is -2.15. The van der Waals surface area contributed by atoms with Crippen molar-refractivity contribution in [2.75, 3.05) is 11.4 Å². The maximum absolute atomic E-state index is 13.1. The first-order valence-corrected chi connectivity index (χ1v) is 5.79. The Bertz CT molecular complexity index is 494. The lowest BCUT2D eigenvalue weighted by molar-refractivity contribution is -0.384. The second-order valence-electron chi connectivity index (χ2n) is 3.70. The molecule has 0 aliphatic carbocycles. The van der Waals surface area contributed by atoms with Crippen LogP contribution in [0.1, 0.15) is 6.42 Å². The Balaban J connectivity index is 2.46. The monoisotopic (exact) mass is 302 g/mol. The van der Waals surface area contributed by atoms with E-state index in [0.717, 1.165) is 18.2 Å². The van der Waals surface area contributed by atoms with Crippen LogP contribution in [0.2, 0.25) is 0 Å². The molecule has 0 bridgehead atoms. The van der Waals surface area contributed by atoms with Crippen molar-refractivity contribution in [2.45, 2.75) is 11.2 Å². The fourth-order valence-electron chi connectivity index (χ4n) is 1.76. The first-order valence-electron chi connectivity index (χ1n) is 4.87. The summed E-state index contributed by atoms with van der Waals surface area (Å²) in [7, 11) is 0. The molecule has 1 fully saturated rings. The van der Waals surface area contributed by atoms with Crippen LogP contribution in [0.4, 0.5) is 15.8 Å². The van der Waals surface area contributed by atoms with Crippen LogP contribution in [0.15, 0.2) is 18.2 Å². The van der Waals surface area contributed by atoms with Crippen molar-refractivity contribution in [3.63, 3.8) is 0 Å². The quantitative estimate of drug-likeness (QED) is 0.478. The van der Waals surface area contributed by atoms with Crippen molar-refractivity contribution in [3.05, 3.63) is 34.1 Å². The fraction of sp³-hybridized carbons (Fsp3) is 0.300. The van der Waals surface area contributed by atoms with E-state index in [1.54, 1.807) is 0 Å². The number of hydrogen-bond donors (Lipinski definition) is 0. The number of alkyl halides is 1. The zero-order chi connectivity index (χ0) is 12.6. The van der Waals surface area contributed by atoms with Gasteiger partial charge in [-0.15, -0.1) is 0 Å². The third-order valence-electron chi connectivity index (χ3n) is 2.50. The standard InChI is InChI=1S/C10H8BrFN2O3/c11-6-3-10(15)13(5-6)9-4-7(12)1-2-8(9)14(16)17/h1-2,4,6H,3,5H2. The first-order chi connectivity index (χ1) is 7.99. The third-order valence-corrected chi connectivity index (χ3v) is 3.12. The van der Waals surface area contributed by atoms with E-state index >= 15 is 0 Å². The molecular weight excluding hydrogens is 295 g/mol. The van der Waals surface area contributed by atoms with Crippen LogP contribution in [0, 0.1) is 15.9 Å². The van der Waals surface area contributed by atoms with Gasteiger partial charge < -0.3 is 4.90 Å². The number of nitrogens with zero attached hydrogens (tertiary/aromatic N) is 2. The van der Waals surface area contributed by atoms with Gasteiger partial charge in [-0.3, -0.25) is 14.9 Å². The number of amides is 1. The van der Waals surface area contributed by atoms with Crippen molar-refractivity contribution in [3.8, 4) is 0 Å². The van der Waals surface area contributed by atoms with Gasteiger partial charge in [-0.1, -0.05) is 15.9 Å². The molecule has 1 amide bonds. The molecule has 2 rings (SSSR count).